The molecule has 2 rings (SSSR count). The third kappa shape index (κ3) is 2.64. The molecule has 0 bridgehead atoms. The molecule has 0 unspecified atom stereocenters. The average Bonchev–Trinajstić information content (AvgIpc) is 2.56. The molecule has 0 aromatic heterocycles. The molecular formula is C12H13NO2S. The molecule has 1 N–H and O–H groups in total. The summed E-state index contributed by atoms with van der Waals surface area (Å²) in [5.41, 5.74) is 1.95. The number of benzene rings is 1. The number of aliphatic imine (C=N–C) groups is 1. The Morgan fingerprint density at radius 1 is 1.38 bits per heavy atom. The van der Waals surface area contributed by atoms with Crippen LogP contribution in [-0.4, -0.2) is 34.3 Å². The van der Waals surface area contributed by atoms with E-state index < -0.39 is 5.97 Å². The van der Waals surface area contributed by atoms with Crippen LogP contribution in [0.3, 0.4) is 0 Å². The van der Waals surface area contributed by atoms with Crippen LogP contribution in [0.25, 0.3) is 0 Å². The summed E-state index contributed by atoms with van der Waals surface area (Å²) in [6.07, 6.45) is 0.518. The Labute approximate surface area is 98.6 Å². The van der Waals surface area contributed by atoms with E-state index in [0.29, 0.717) is 13.0 Å². The molecular weight excluding hydrogens is 222 g/mol. The van der Waals surface area contributed by atoms with Crippen LogP contribution >= 0.6 is 11.8 Å². The zero-order valence-corrected chi connectivity index (χ0v) is 9.61. The smallest absolute Gasteiger partial charge is 0.317 e. The Hall–Kier alpha value is -1.29. The first-order valence-electron chi connectivity index (χ1n) is 5.20. The molecule has 0 saturated heterocycles. The third-order valence-electron chi connectivity index (χ3n) is 2.47. The largest absolute Gasteiger partial charge is 0.480 e. The van der Waals surface area contributed by atoms with Gasteiger partial charge >= 0.3 is 5.97 Å². The first-order chi connectivity index (χ1) is 7.77. The molecule has 1 heterocycles. The second kappa shape index (κ2) is 5.16. The van der Waals surface area contributed by atoms with Crippen LogP contribution in [0.1, 0.15) is 12.0 Å². The fourth-order valence-corrected chi connectivity index (χ4v) is 2.57. The maximum absolute atomic E-state index is 11.0. The van der Waals surface area contributed by atoms with Gasteiger partial charge in [-0.25, -0.2) is 0 Å². The summed E-state index contributed by atoms with van der Waals surface area (Å²) in [4.78, 5) is 15.5. The minimum absolute atomic E-state index is 0.360. The van der Waals surface area contributed by atoms with Gasteiger partial charge in [-0.05, 0) is 5.56 Å². The lowest BCUT2D eigenvalue weighted by Crippen LogP contribution is -2.20. The molecule has 1 atom stereocenters. The van der Waals surface area contributed by atoms with Crippen LogP contribution < -0.4 is 0 Å². The molecule has 1 aliphatic rings. The van der Waals surface area contributed by atoms with Crippen LogP contribution in [0.5, 0.6) is 0 Å². The van der Waals surface area contributed by atoms with Gasteiger partial charge in [0, 0.05) is 24.4 Å². The van der Waals surface area contributed by atoms with Gasteiger partial charge in [0.15, 0.2) is 0 Å². The van der Waals surface area contributed by atoms with E-state index in [1.165, 1.54) is 11.8 Å². The minimum Gasteiger partial charge on any atom is -0.480 e. The number of carboxylic acids is 1. The summed E-state index contributed by atoms with van der Waals surface area (Å²) in [6, 6.07) is 9.81. The van der Waals surface area contributed by atoms with Gasteiger partial charge in [0.1, 0.15) is 5.25 Å². The summed E-state index contributed by atoms with van der Waals surface area (Å²) in [5, 5.41) is 8.69. The Kier molecular flexibility index (Phi) is 3.62. The van der Waals surface area contributed by atoms with Crippen LogP contribution in [0.4, 0.5) is 0 Å². The third-order valence-corrected chi connectivity index (χ3v) is 3.66. The van der Waals surface area contributed by atoms with E-state index in [1.807, 2.05) is 30.3 Å². The molecule has 84 valence electrons. The van der Waals surface area contributed by atoms with Crippen molar-refractivity contribution in [2.45, 2.75) is 11.7 Å². The fourth-order valence-electron chi connectivity index (χ4n) is 1.67. The highest BCUT2D eigenvalue weighted by Gasteiger charge is 2.22. The van der Waals surface area contributed by atoms with Gasteiger partial charge in [-0.15, -0.1) is 11.8 Å². The number of nitrogens with zero attached hydrogens (tertiary/aromatic N) is 1. The highest BCUT2D eigenvalue weighted by Crippen LogP contribution is 2.21. The Balaban J connectivity index is 2.20. The van der Waals surface area contributed by atoms with E-state index in [9.17, 15) is 4.79 Å². The number of hydrogen-bond donors (Lipinski definition) is 1. The molecule has 0 amide bonds. The molecule has 1 aromatic carbocycles. The average molecular weight is 235 g/mol. The number of carbonyl (C=O) groups is 1. The van der Waals surface area contributed by atoms with Crippen molar-refractivity contribution in [3.05, 3.63) is 35.9 Å². The molecule has 4 heteroatoms. The molecule has 1 aromatic rings. The molecule has 0 fully saturated rings. The zero-order valence-electron chi connectivity index (χ0n) is 8.80. The summed E-state index contributed by atoms with van der Waals surface area (Å²) in [5.74, 6) is 0.0448. The molecule has 0 spiro atoms. The van der Waals surface area contributed by atoms with Gasteiger partial charge in [0.05, 0.1) is 0 Å². The van der Waals surface area contributed by atoms with Crippen LogP contribution in [-0.2, 0) is 4.79 Å². The molecule has 0 saturated carbocycles. The normalized spacial score (nSPS) is 21.0. The van der Waals surface area contributed by atoms with Crippen molar-refractivity contribution < 1.29 is 9.90 Å². The van der Waals surface area contributed by atoms with Gasteiger partial charge < -0.3 is 5.11 Å². The molecule has 3 nitrogen and oxygen atoms in total. The van der Waals surface area contributed by atoms with Crippen molar-refractivity contribution >= 4 is 23.4 Å². The van der Waals surface area contributed by atoms with Crippen molar-refractivity contribution in [1.82, 2.24) is 0 Å². The standard InChI is InChI=1S/C12H13NO2S/c14-12(15)11-8-10(13-6-7-16-11)9-4-2-1-3-5-9/h1-5,11H,6-8H2,(H,14,15)/t11-/m0/s1. The molecule has 0 aliphatic carbocycles. The van der Waals surface area contributed by atoms with Crippen LogP contribution in [0.2, 0.25) is 0 Å². The second-order valence-electron chi connectivity index (χ2n) is 3.60. The molecule has 16 heavy (non-hydrogen) atoms. The van der Waals surface area contributed by atoms with Crippen molar-refractivity contribution in [3.8, 4) is 0 Å². The van der Waals surface area contributed by atoms with E-state index in [0.717, 1.165) is 17.0 Å². The fraction of sp³-hybridized carbons (Fsp3) is 0.333. The van der Waals surface area contributed by atoms with E-state index >= 15 is 0 Å². The van der Waals surface area contributed by atoms with Crippen molar-refractivity contribution in [2.24, 2.45) is 4.99 Å². The highest BCUT2D eigenvalue weighted by atomic mass is 32.2. The number of carboxylic acid groups (broad SMARTS) is 1. The number of hydrogen-bond acceptors (Lipinski definition) is 3. The summed E-state index contributed by atoms with van der Waals surface area (Å²) >= 11 is 1.48. The van der Waals surface area contributed by atoms with E-state index in [-0.39, 0.29) is 5.25 Å². The Morgan fingerprint density at radius 3 is 2.81 bits per heavy atom. The van der Waals surface area contributed by atoms with Gasteiger partial charge in [-0.1, -0.05) is 30.3 Å². The predicted octanol–water partition coefficient (Wildman–Crippen LogP) is 2.07. The Morgan fingerprint density at radius 2 is 2.12 bits per heavy atom. The van der Waals surface area contributed by atoms with Gasteiger partial charge in [0.25, 0.3) is 0 Å². The SMILES string of the molecule is O=C(O)[C@@H]1CC(c2ccccc2)=NCCS1. The van der Waals surface area contributed by atoms with Crippen LogP contribution in [0.15, 0.2) is 35.3 Å². The Bertz CT molecular complexity index is 403. The lowest BCUT2D eigenvalue weighted by atomic mass is 10.1. The topological polar surface area (TPSA) is 49.7 Å². The second-order valence-corrected chi connectivity index (χ2v) is 4.91. The monoisotopic (exact) mass is 235 g/mol. The first-order valence-corrected chi connectivity index (χ1v) is 6.25. The van der Waals surface area contributed by atoms with E-state index in [1.54, 1.807) is 0 Å². The maximum atomic E-state index is 11.0. The summed E-state index contributed by atoms with van der Waals surface area (Å²) in [7, 11) is 0. The number of aliphatic carboxylic acids is 1. The number of thioether (sulfide) groups is 1. The first kappa shape index (κ1) is 11.2. The maximum Gasteiger partial charge on any atom is 0.317 e. The minimum atomic E-state index is -0.740. The predicted molar refractivity (Wildman–Crippen MR) is 66.3 cm³/mol. The summed E-state index contributed by atoms with van der Waals surface area (Å²) in [6.45, 7) is 0.707. The van der Waals surface area contributed by atoms with Gasteiger partial charge in [-0.3, -0.25) is 9.79 Å². The van der Waals surface area contributed by atoms with E-state index in [2.05, 4.69) is 4.99 Å². The van der Waals surface area contributed by atoms with Gasteiger partial charge in [0.2, 0.25) is 0 Å². The van der Waals surface area contributed by atoms with E-state index in [4.69, 9.17) is 5.11 Å². The highest BCUT2D eigenvalue weighted by molar-refractivity contribution is 8.00. The molecule has 1 aliphatic heterocycles. The van der Waals surface area contributed by atoms with Crippen molar-refractivity contribution in [3.63, 3.8) is 0 Å². The lowest BCUT2D eigenvalue weighted by molar-refractivity contribution is -0.136. The quantitative estimate of drug-likeness (QED) is 0.853. The van der Waals surface area contributed by atoms with Crippen LogP contribution in [0, 0.1) is 0 Å². The molecule has 0 radical (unpaired) electrons. The van der Waals surface area contributed by atoms with Crippen molar-refractivity contribution in [1.29, 1.82) is 0 Å². The zero-order chi connectivity index (χ0) is 11.4. The lowest BCUT2D eigenvalue weighted by Gasteiger charge is -2.09. The number of rotatable bonds is 2. The summed E-state index contributed by atoms with van der Waals surface area (Å²) < 4.78 is 0. The van der Waals surface area contributed by atoms with Crippen molar-refractivity contribution in [2.75, 3.05) is 12.3 Å². The van der Waals surface area contributed by atoms with Gasteiger partial charge in [-0.2, -0.15) is 0 Å².